The summed E-state index contributed by atoms with van der Waals surface area (Å²) in [5.41, 5.74) is 0.381. The van der Waals surface area contributed by atoms with E-state index in [0.717, 1.165) is 45.0 Å². The van der Waals surface area contributed by atoms with E-state index in [1.807, 2.05) is 18.5 Å². The minimum absolute atomic E-state index is 0.176. The van der Waals surface area contributed by atoms with Crippen LogP contribution in [0, 0.1) is 0 Å². The zero-order valence-electron chi connectivity index (χ0n) is 20.8. The van der Waals surface area contributed by atoms with Crippen molar-refractivity contribution in [2.24, 2.45) is 0 Å². The number of rotatable bonds is 6. The maximum absolute atomic E-state index is 13.1. The van der Waals surface area contributed by atoms with Crippen LogP contribution in [0.25, 0.3) is 21.7 Å². The maximum Gasteiger partial charge on any atom is 0.420 e. The van der Waals surface area contributed by atoms with Crippen LogP contribution in [-0.4, -0.2) is 55.4 Å². The Morgan fingerprint density at radius 3 is 2.50 bits per heavy atom. The van der Waals surface area contributed by atoms with Crippen LogP contribution in [0.2, 0.25) is 0 Å². The van der Waals surface area contributed by atoms with E-state index in [0.29, 0.717) is 29.9 Å². The highest BCUT2D eigenvalue weighted by Crippen LogP contribution is 2.39. The quantitative estimate of drug-likeness (QED) is 0.227. The molecule has 1 aliphatic heterocycles. The summed E-state index contributed by atoms with van der Waals surface area (Å²) in [7, 11) is -3.67. The van der Waals surface area contributed by atoms with Gasteiger partial charge in [-0.2, -0.15) is 21.6 Å². The summed E-state index contributed by atoms with van der Waals surface area (Å²) in [6.07, 6.45) is 4.44. The molecule has 0 bridgehead atoms. The van der Waals surface area contributed by atoms with Crippen LogP contribution < -0.4 is 4.74 Å². The monoisotopic (exact) mass is 550 g/mol. The predicted molar refractivity (Wildman–Crippen MR) is 139 cm³/mol. The third-order valence-corrected chi connectivity index (χ3v) is 6.48. The molecule has 0 aliphatic carbocycles. The fourth-order valence-electron chi connectivity index (χ4n) is 4.79. The molecule has 0 spiro atoms. The van der Waals surface area contributed by atoms with Crippen molar-refractivity contribution < 1.29 is 35.3 Å². The van der Waals surface area contributed by atoms with Gasteiger partial charge in [0.1, 0.15) is 11.3 Å². The molecule has 5 rings (SSSR count). The van der Waals surface area contributed by atoms with Crippen LogP contribution in [0.3, 0.4) is 0 Å². The number of fused-ring (bicyclic) bond motifs is 2. The van der Waals surface area contributed by atoms with Gasteiger partial charge in [0.05, 0.1) is 30.1 Å². The minimum atomic E-state index is -4.46. The molecule has 38 heavy (non-hydrogen) atoms. The van der Waals surface area contributed by atoms with Gasteiger partial charge < -0.3 is 14.1 Å². The van der Waals surface area contributed by atoms with Gasteiger partial charge in [-0.05, 0) is 67.4 Å². The van der Waals surface area contributed by atoms with E-state index in [4.69, 9.17) is 13.7 Å². The molecule has 3 heterocycles. The molecule has 1 N–H and O–H groups in total. The maximum atomic E-state index is 13.1. The predicted octanol–water partition coefficient (Wildman–Crippen LogP) is 6.15. The normalized spacial score (nSPS) is 15.4. The standard InChI is InChI=1S/C26H25F3N2O2.CH4O3S/c27-26(28,29)23-6-7-24(21-10-15-33-25(21)23)32-14-3-11-31-12-8-18(9-13-31)22-17-30-16-19-4-1-2-5-20(19)22;1-5(2,3)4/h1-2,4-7,10,15-18H,3,8-9,11-14H2;1H3,(H,2,3,4). The first-order valence-corrected chi connectivity index (χ1v) is 14.0. The van der Waals surface area contributed by atoms with Gasteiger partial charge >= 0.3 is 6.18 Å². The highest BCUT2D eigenvalue weighted by atomic mass is 32.2. The lowest BCUT2D eigenvalue weighted by Gasteiger charge is -2.32. The number of halogens is 3. The number of piperidine rings is 1. The van der Waals surface area contributed by atoms with Crippen molar-refractivity contribution in [1.29, 1.82) is 0 Å². The molecule has 1 aliphatic rings. The highest BCUT2D eigenvalue weighted by molar-refractivity contribution is 7.85. The fourth-order valence-corrected chi connectivity index (χ4v) is 4.79. The Balaban J connectivity index is 0.000000617. The van der Waals surface area contributed by atoms with Gasteiger partial charge in [-0.1, -0.05) is 24.3 Å². The molecule has 2 aromatic heterocycles. The van der Waals surface area contributed by atoms with Crippen molar-refractivity contribution in [1.82, 2.24) is 9.88 Å². The Morgan fingerprint density at radius 1 is 1.08 bits per heavy atom. The molecule has 2 aromatic carbocycles. The van der Waals surface area contributed by atoms with Crippen LogP contribution in [0.4, 0.5) is 13.2 Å². The second kappa shape index (κ2) is 11.7. The Morgan fingerprint density at radius 2 is 1.79 bits per heavy atom. The van der Waals surface area contributed by atoms with Crippen molar-refractivity contribution in [2.45, 2.75) is 31.4 Å². The molecule has 204 valence electrons. The van der Waals surface area contributed by atoms with Crippen LogP contribution in [-0.2, 0) is 16.3 Å². The molecular weight excluding hydrogens is 521 g/mol. The number of aromatic nitrogens is 1. The highest BCUT2D eigenvalue weighted by Gasteiger charge is 2.34. The molecule has 0 atom stereocenters. The summed E-state index contributed by atoms with van der Waals surface area (Å²) >= 11 is 0. The summed E-state index contributed by atoms with van der Waals surface area (Å²) in [6.45, 7) is 3.37. The lowest BCUT2D eigenvalue weighted by atomic mass is 9.87. The van der Waals surface area contributed by atoms with Crippen LogP contribution in [0.15, 0.2) is 65.5 Å². The molecule has 0 amide bonds. The molecule has 11 heteroatoms. The van der Waals surface area contributed by atoms with Gasteiger partial charge in [-0.25, -0.2) is 0 Å². The third kappa shape index (κ3) is 7.24. The number of furan rings is 1. The average Bonchev–Trinajstić information content (AvgIpc) is 3.35. The Labute approximate surface area is 219 Å². The number of ether oxygens (including phenoxy) is 1. The van der Waals surface area contributed by atoms with Gasteiger partial charge in [-0.3, -0.25) is 9.54 Å². The number of alkyl halides is 3. The van der Waals surface area contributed by atoms with Crippen LogP contribution in [0.1, 0.15) is 36.3 Å². The lowest BCUT2D eigenvalue weighted by Crippen LogP contribution is -2.34. The second-order valence-electron chi connectivity index (χ2n) is 9.27. The van der Waals surface area contributed by atoms with E-state index >= 15 is 0 Å². The summed E-state index contributed by atoms with van der Waals surface area (Å²) in [4.78, 5) is 6.86. The first-order valence-electron chi connectivity index (χ1n) is 12.2. The number of likely N-dealkylation sites (tertiary alicyclic amines) is 1. The molecular formula is C27H29F3N2O5S. The van der Waals surface area contributed by atoms with E-state index < -0.39 is 21.9 Å². The van der Waals surface area contributed by atoms with Crippen molar-refractivity contribution in [3.05, 3.63) is 72.2 Å². The van der Waals surface area contributed by atoms with E-state index in [-0.39, 0.29) is 5.58 Å². The molecule has 1 fully saturated rings. The first-order chi connectivity index (χ1) is 18.0. The molecule has 7 nitrogen and oxygen atoms in total. The Bertz CT molecular complexity index is 1470. The van der Waals surface area contributed by atoms with E-state index in [9.17, 15) is 21.6 Å². The minimum Gasteiger partial charge on any atom is -0.493 e. The summed E-state index contributed by atoms with van der Waals surface area (Å²) < 4.78 is 76.2. The zero-order valence-corrected chi connectivity index (χ0v) is 21.6. The van der Waals surface area contributed by atoms with Gasteiger partial charge in [0.25, 0.3) is 10.1 Å². The van der Waals surface area contributed by atoms with Crippen molar-refractivity contribution in [3.63, 3.8) is 0 Å². The molecule has 0 radical (unpaired) electrons. The number of hydrogen-bond donors (Lipinski definition) is 1. The Hall–Kier alpha value is -3.15. The van der Waals surface area contributed by atoms with Gasteiger partial charge in [-0.15, -0.1) is 0 Å². The fraction of sp³-hybridized carbons (Fsp3) is 0.370. The van der Waals surface area contributed by atoms with Crippen molar-refractivity contribution in [2.75, 3.05) is 32.5 Å². The number of pyridine rings is 1. The average molecular weight is 551 g/mol. The lowest BCUT2D eigenvalue weighted by molar-refractivity contribution is -0.136. The molecule has 4 aromatic rings. The second-order valence-corrected chi connectivity index (χ2v) is 10.7. The van der Waals surface area contributed by atoms with Crippen LogP contribution >= 0.6 is 0 Å². The smallest absolute Gasteiger partial charge is 0.420 e. The zero-order chi connectivity index (χ0) is 27.3. The third-order valence-electron chi connectivity index (χ3n) is 6.48. The molecule has 0 saturated carbocycles. The Kier molecular flexibility index (Phi) is 8.59. The van der Waals surface area contributed by atoms with Crippen molar-refractivity contribution >= 4 is 31.9 Å². The topological polar surface area (TPSA) is 92.9 Å². The number of nitrogens with zero attached hydrogens (tertiary/aromatic N) is 2. The van der Waals surface area contributed by atoms with E-state index in [1.165, 1.54) is 34.7 Å². The largest absolute Gasteiger partial charge is 0.493 e. The first kappa shape index (κ1) is 27.9. The molecule has 1 saturated heterocycles. The summed E-state index contributed by atoms with van der Waals surface area (Å²) in [6, 6.07) is 12.3. The van der Waals surface area contributed by atoms with E-state index in [2.05, 4.69) is 28.1 Å². The SMILES string of the molecule is CS(=O)(=O)O.FC(F)(F)c1ccc(OCCCN2CCC(c3cncc4ccccc34)CC2)c2ccoc12. The number of hydrogen-bond acceptors (Lipinski definition) is 6. The van der Waals surface area contributed by atoms with E-state index in [1.54, 1.807) is 0 Å². The van der Waals surface area contributed by atoms with Crippen LogP contribution in [0.5, 0.6) is 5.75 Å². The summed E-state index contributed by atoms with van der Waals surface area (Å²) in [5, 5.41) is 2.83. The van der Waals surface area contributed by atoms with Gasteiger partial charge in [0.2, 0.25) is 0 Å². The van der Waals surface area contributed by atoms with Gasteiger partial charge in [0, 0.05) is 24.3 Å². The molecule has 0 unspecified atom stereocenters. The van der Waals surface area contributed by atoms with Crippen molar-refractivity contribution in [3.8, 4) is 5.75 Å². The summed E-state index contributed by atoms with van der Waals surface area (Å²) in [5.74, 6) is 0.937. The van der Waals surface area contributed by atoms with Gasteiger partial charge in [0.15, 0.2) is 0 Å². The number of benzene rings is 2.